The van der Waals surface area contributed by atoms with Crippen molar-refractivity contribution >= 4 is 5.95 Å². The van der Waals surface area contributed by atoms with Gasteiger partial charge in [-0.1, -0.05) is 105 Å². The average Bonchev–Trinajstić information content (AvgIpc) is 3.15. The van der Waals surface area contributed by atoms with E-state index in [1.807, 2.05) is 13.1 Å². The Labute approximate surface area is 205 Å². The molecule has 1 aromatic heterocycles. The third-order valence-corrected chi connectivity index (χ3v) is 6.95. The molecule has 4 nitrogen and oxygen atoms in total. The molecule has 1 aliphatic rings. The number of hydrogen-bond acceptors (Lipinski definition) is 4. The van der Waals surface area contributed by atoms with Crippen molar-refractivity contribution in [2.75, 3.05) is 12.4 Å². The smallest absolute Gasteiger partial charge is 0.226 e. The molecule has 0 spiro atoms. The fraction of sp³-hybridized carbons (Fsp3) is 0.129. The number of aromatic nitrogens is 3. The van der Waals surface area contributed by atoms with E-state index in [0.29, 0.717) is 17.6 Å². The molecule has 0 unspecified atom stereocenters. The number of hydrogen-bond donors (Lipinski definition) is 1. The summed E-state index contributed by atoms with van der Waals surface area (Å²) in [7, 11) is 1.84. The number of benzene rings is 4. The largest absolute Gasteiger partial charge is 0.357 e. The Morgan fingerprint density at radius 2 is 1.11 bits per heavy atom. The van der Waals surface area contributed by atoms with Crippen LogP contribution in [0.15, 0.2) is 97.1 Å². The summed E-state index contributed by atoms with van der Waals surface area (Å²) in [4.78, 5) is 14.2. The predicted molar refractivity (Wildman–Crippen MR) is 143 cm³/mol. The van der Waals surface area contributed by atoms with Crippen LogP contribution in [0, 0.1) is 0 Å². The highest BCUT2D eigenvalue weighted by Gasteiger charge is 2.35. The summed E-state index contributed by atoms with van der Waals surface area (Å²) in [5.41, 5.74) is 9.49. The molecule has 6 rings (SSSR count). The molecule has 0 aliphatic heterocycles. The van der Waals surface area contributed by atoms with Crippen LogP contribution in [0.4, 0.5) is 5.95 Å². The summed E-state index contributed by atoms with van der Waals surface area (Å²) in [5.74, 6) is 1.88. The zero-order valence-electron chi connectivity index (χ0n) is 20.1. The molecule has 0 atom stereocenters. The van der Waals surface area contributed by atoms with Crippen molar-refractivity contribution in [1.82, 2.24) is 15.0 Å². The van der Waals surface area contributed by atoms with Crippen LogP contribution in [0.1, 0.15) is 25.0 Å². The van der Waals surface area contributed by atoms with Gasteiger partial charge in [0, 0.05) is 23.6 Å². The quantitative estimate of drug-likeness (QED) is 0.311. The topological polar surface area (TPSA) is 50.7 Å². The van der Waals surface area contributed by atoms with E-state index < -0.39 is 0 Å². The van der Waals surface area contributed by atoms with Crippen molar-refractivity contribution in [1.29, 1.82) is 0 Å². The number of rotatable bonds is 4. The molecule has 5 aromatic rings. The molecule has 0 amide bonds. The Morgan fingerprint density at radius 1 is 0.543 bits per heavy atom. The van der Waals surface area contributed by atoms with E-state index in [4.69, 9.17) is 9.97 Å². The van der Waals surface area contributed by atoms with E-state index in [1.54, 1.807) is 0 Å². The van der Waals surface area contributed by atoms with Gasteiger partial charge in [-0.05, 0) is 39.4 Å². The van der Waals surface area contributed by atoms with Crippen LogP contribution in [0.25, 0.3) is 45.0 Å². The highest BCUT2D eigenvalue weighted by Crippen LogP contribution is 2.49. The Hall–Kier alpha value is -4.31. The molecular weight excluding hydrogens is 428 g/mol. The third kappa shape index (κ3) is 3.58. The molecule has 0 saturated carbocycles. The minimum atomic E-state index is -0.0725. The molecule has 4 aromatic carbocycles. The highest BCUT2D eigenvalue weighted by atomic mass is 15.1. The van der Waals surface area contributed by atoms with Crippen LogP contribution < -0.4 is 5.32 Å². The van der Waals surface area contributed by atoms with E-state index in [9.17, 15) is 0 Å². The second-order valence-corrected chi connectivity index (χ2v) is 9.43. The lowest BCUT2D eigenvalue weighted by Gasteiger charge is -2.21. The first kappa shape index (κ1) is 21.2. The van der Waals surface area contributed by atoms with Crippen LogP contribution >= 0.6 is 0 Å². The molecule has 0 saturated heterocycles. The van der Waals surface area contributed by atoms with Gasteiger partial charge in [-0.3, -0.25) is 0 Å². The van der Waals surface area contributed by atoms with Crippen LogP contribution in [0.2, 0.25) is 0 Å². The number of fused-ring (bicyclic) bond motifs is 3. The van der Waals surface area contributed by atoms with Gasteiger partial charge in [0.2, 0.25) is 5.95 Å². The van der Waals surface area contributed by atoms with Gasteiger partial charge in [0.1, 0.15) is 0 Å². The van der Waals surface area contributed by atoms with Crippen molar-refractivity contribution in [2.45, 2.75) is 19.3 Å². The fourth-order valence-electron chi connectivity index (χ4n) is 5.03. The minimum absolute atomic E-state index is 0.0725. The SMILES string of the molecule is CNc1nc(-c2ccc(-c3ccccc3)cc2)nc(-c2ccc3c(c2)C(C)(C)c2ccccc2-3)n1. The van der Waals surface area contributed by atoms with Gasteiger partial charge in [0.05, 0.1) is 0 Å². The van der Waals surface area contributed by atoms with Crippen LogP contribution in [0.5, 0.6) is 0 Å². The zero-order valence-corrected chi connectivity index (χ0v) is 20.1. The second-order valence-electron chi connectivity index (χ2n) is 9.43. The summed E-state index contributed by atoms with van der Waals surface area (Å²) in [6, 6.07) is 34.0. The van der Waals surface area contributed by atoms with Gasteiger partial charge in [-0.25, -0.2) is 4.98 Å². The summed E-state index contributed by atoms with van der Waals surface area (Å²) >= 11 is 0. The van der Waals surface area contributed by atoms with E-state index >= 15 is 0 Å². The van der Waals surface area contributed by atoms with E-state index in [2.05, 4.69) is 115 Å². The Balaban J connectivity index is 1.41. The lowest BCUT2D eigenvalue weighted by Crippen LogP contribution is -2.15. The minimum Gasteiger partial charge on any atom is -0.357 e. The second kappa shape index (κ2) is 8.17. The van der Waals surface area contributed by atoms with Crippen molar-refractivity contribution in [2.24, 2.45) is 0 Å². The molecule has 1 aliphatic carbocycles. The maximum Gasteiger partial charge on any atom is 0.226 e. The van der Waals surface area contributed by atoms with Crippen molar-refractivity contribution in [3.05, 3.63) is 108 Å². The number of anilines is 1. The summed E-state index contributed by atoms with van der Waals surface area (Å²) < 4.78 is 0. The van der Waals surface area contributed by atoms with Gasteiger partial charge in [0.15, 0.2) is 11.6 Å². The number of nitrogens with one attached hydrogen (secondary N) is 1. The summed E-state index contributed by atoms with van der Waals surface area (Å²) in [5, 5.41) is 3.11. The van der Waals surface area contributed by atoms with Gasteiger partial charge in [-0.15, -0.1) is 0 Å². The van der Waals surface area contributed by atoms with Crippen molar-refractivity contribution < 1.29 is 0 Å². The van der Waals surface area contributed by atoms with Crippen molar-refractivity contribution in [3.63, 3.8) is 0 Å². The third-order valence-electron chi connectivity index (χ3n) is 6.95. The molecule has 0 bridgehead atoms. The van der Waals surface area contributed by atoms with Gasteiger partial charge < -0.3 is 5.32 Å². The van der Waals surface area contributed by atoms with E-state index in [1.165, 1.54) is 27.8 Å². The standard InChI is InChI=1S/C31H26N4/c1-31(2)26-12-8-7-11-24(26)25-18-17-23(19-27(25)31)29-33-28(34-30(32-3)35-29)22-15-13-21(14-16-22)20-9-5-4-6-10-20/h4-19H,1-3H3,(H,32,33,34,35). The first-order valence-electron chi connectivity index (χ1n) is 11.9. The molecule has 170 valence electrons. The molecule has 0 radical (unpaired) electrons. The molecule has 0 fully saturated rings. The Morgan fingerprint density at radius 3 is 1.86 bits per heavy atom. The van der Waals surface area contributed by atoms with Crippen LogP contribution in [-0.4, -0.2) is 22.0 Å². The van der Waals surface area contributed by atoms with Gasteiger partial charge in [0.25, 0.3) is 0 Å². The maximum absolute atomic E-state index is 4.88. The van der Waals surface area contributed by atoms with Crippen LogP contribution in [-0.2, 0) is 5.41 Å². The van der Waals surface area contributed by atoms with Crippen LogP contribution in [0.3, 0.4) is 0 Å². The first-order valence-corrected chi connectivity index (χ1v) is 11.9. The first-order chi connectivity index (χ1) is 17.0. The van der Waals surface area contributed by atoms with Gasteiger partial charge in [-0.2, -0.15) is 9.97 Å². The molecule has 1 N–H and O–H groups in total. The lowest BCUT2D eigenvalue weighted by molar-refractivity contribution is 0.660. The van der Waals surface area contributed by atoms with Gasteiger partial charge >= 0.3 is 0 Å². The summed E-state index contributed by atoms with van der Waals surface area (Å²) in [6.45, 7) is 4.57. The monoisotopic (exact) mass is 454 g/mol. The predicted octanol–water partition coefficient (Wildman–Crippen LogP) is 7.22. The average molecular weight is 455 g/mol. The molecular formula is C31H26N4. The fourth-order valence-corrected chi connectivity index (χ4v) is 5.03. The number of nitrogens with zero attached hydrogens (tertiary/aromatic N) is 3. The normalized spacial score (nSPS) is 13.2. The Bertz CT molecular complexity index is 1540. The van der Waals surface area contributed by atoms with E-state index in [0.717, 1.165) is 16.7 Å². The highest BCUT2D eigenvalue weighted by molar-refractivity contribution is 5.83. The summed E-state index contributed by atoms with van der Waals surface area (Å²) in [6.07, 6.45) is 0. The maximum atomic E-state index is 4.88. The molecule has 35 heavy (non-hydrogen) atoms. The lowest BCUT2D eigenvalue weighted by atomic mass is 9.82. The Kier molecular flexibility index (Phi) is 4.96. The van der Waals surface area contributed by atoms with E-state index in [-0.39, 0.29) is 5.41 Å². The van der Waals surface area contributed by atoms with Crippen molar-refractivity contribution in [3.8, 4) is 45.0 Å². The zero-order chi connectivity index (χ0) is 24.0. The molecule has 4 heteroatoms. The molecule has 1 heterocycles.